The van der Waals surface area contributed by atoms with Crippen molar-refractivity contribution in [1.82, 2.24) is 0 Å². The van der Waals surface area contributed by atoms with Crippen LogP contribution in [0.2, 0.25) is 0 Å². The molecule has 0 unspecified atom stereocenters. The highest BCUT2D eigenvalue weighted by atomic mass is 16.3. The first-order valence-corrected chi connectivity index (χ1v) is 5.38. The number of aromatic hydroxyl groups is 1. The third-order valence-corrected chi connectivity index (χ3v) is 2.56. The molecule has 1 aromatic carbocycles. The number of phenolic OH excluding ortho intramolecular Hbond substituents is 1. The summed E-state index contributed by atoms with van der Waals surface area (Å²) in [6.45, 7) is 3.82. The van der Waals surface area contributed by atoms with Gasteiger partial charge in [-0.1, -0.05) is 6.92 Å². The van der Waals surface area contributed by atoms with Crippen LogP contribution < -0.4 is 5.43 Å². The Kier molecular flexibility index (Phi) is 2.69. The topological polar surface area (TPSA) is 50.4 Å². The maximum atomic E-state index is 11.9. The van der Waals surface area contributed by atoms with E-state index < -0.39 is 0 Å². The van der Waals surface area contributed by atoms with Crippen LogP contribution in [0.3, 0.4) is 0 Å². The van der Waals surface area contributed by atoms with Gasteiger partial charge in [0.05, 0.1) is 5.39 Å². The van der Waals surface area contributed by atoms with E-state index in [2.05, 4.69) is 0 Å². The van der Waals surface area contributed by atoms with Crippen LogP contribution in [0.25, 0.3) is 11.0 Å². The molecule has 0 fully saturated rings. The number of benzene rings is 1. The van der Waals surface area contributed by atoms with Crippen molar-refractivity contribution >= 4 is 11.0 Å². The van der Waals surface area contributed by atoms with E-state index in [1.54, 1.807) is 13.0 Å². The van der Waals surface area contributed by atoms with E-state index in [1.807, 2.05) is 6.92 Å². The Bertz CT molecular complexity index is 581. The lowest BCUT2D eigenvalue weighted by atomic mass is 10.1. The van der Waals surface area contributed by atoms with Gasteiger partial charge in [-0.3, -0.25) is 4.79 Å². The highest BCUT2D eigenvalue weighted by molar-refractivity contribution is 5.81. The fourth-order valence-electron chi connectivity index (χ4n) is 1.89. The van der Waals surface area contributed by atoms with Gasteiger partial charge in [0.2, 0.25) is 0 Å². The zero-order valence-electron chi connectivity index (χ0n) is 9.41. The molecule has 0 saturated carbocycles. The molecule has 2 aromatic rings. The number of phenols is 1. The van der Waals surface area contributed by atoms with Crippen LogP contribution in [-0.4, -0.2) is 5.11 Å². The highest BCUT2D eigenvalue weighted by Crippen LogP contribution is 2.22. The first-order valence-electron chi connectivity index (χ1n) is 5.38. The lowest BCUT2D eigenvalue weighted by molar-refractivity contribution is 0.471. The summed E-state index contributed by atoms with van der Waals surface area (Å²) in [5, 5.41) is 10.0. The Morgan fingerprint density at radius 3 is 2.75 bits per heavy atom. The van der Waals surface area contributed by atoms with E-state index in [0.29, 0.717) is 16.7 Å². The third kappa shape index (κ3) is 1.81. The van der Waals surface area contributed by atoms with Crippen LogP contribution in [0, 0.1) is 6.92 Å². The van der Waals surface area contributed by atoms with Crippen LogP contribution in [0.5, 0.6) is 5.75 Å². The minimum absolute atomic E-state index is 0.0396. The van der Waals surface area contributed by atoms with Gasteiger partial charge >= 0.3 is 0 Å². The number of aryl methyl sites for hydroxylation is 2. The Labute approximate surface area is 93.3 Å². The summed E-state index contributed by atoms with van der Waals surface area (Å²) < 4.78 is 5.58. The minimum Gasteiger partial charge on any atom is -0.508 e. The molecule has 0 amide bonds. The summed E-state index contributed by atoms with van der Waals surface area (Å²) in [5.74, 6) is 0.798. The third-order valence-electron chi connectivity index (χ3n) is 2.56. The Balaban J connectivity index is 2.77. The van der Waals surface area contributed by atoms with Crippen LogP contribution in [0.15, 0.2) is 27.4 Å². The molecular weight excluding hydrogens is 204 g/mol. The molecule has 1 N–H and O–H groups in total. The molecule has 0 radical (unpaired) electrons. The molecule has 0 aliphatic heterocycles. The molecule has 84 valence electrons. The second-order valence-electron chi connectivity index (χ2n) is 3.96. The first kappa shape index (κ1) is 10.7. The molecule has 16 heavy (non-hydrogen) atoms. The monoisotopic (exact) mass is 218 g/mol. The summed E-state index contributed by atoms with van der Waals surface area (Å²) in [4.78, 5) is 11.9. The van der Waals surface area contributed by atoms with Crippen molar-refractivity contribution in [3.63, 3.8) is 0 Å². The van der Waals surface area contributed by atoms with Crippen LogP contribution in [0.1, 0.15) is 24.7 Å². The zero-order chi connectivity index (χ0) is 11.7. The molecule has 3 nitrogen and oxygen atoms in total. The van der Waals surface area contributed by atoms with Crippen molar-refractivity contribution in [2.45, 2.75) is 26.7 Å². The lowest BCUT2D eigenvalue weighted by Crippen LogP contribution is -2.03. The first-order chi connectivity index (χ1) is 7.61. The summed E-state index contributed by atoms with van der Waals surface area (Å²) in [6.07, 6.45) is 1.66. The van der Waals surface area contributed by atoms with Gasteiger partial charge < -0.3 is 9.52 Å². The standard InChI is InChI=1S/C13H14O3/c1-3-4-10-7-11(15)13-8(2)5-9(14)6-12(13)16-10/h5-7,14H,3-4H2,1-2H3. The average molecular weight is 218 g/mol. The Morgan fingerprint density at radius 1 is 1.31 bits per heavy atom. The maximum Gasteiger partial charge on any atom is 0.193 e. The van der Waals surface area contributed by atoms with Crippen molar-refractivity contribution in [2.24, 2.45) is 0 Å². The van der Waals surface area contributed by atoms with Crippen LogP contribution >= 0.6 is 0 Å². The normalized spacial score (nSPS) is 10.9. The van der Waals surface area contributed by atoms with Crippen LogP contribution in [0.4, 0.5) is 0 Å². The minimum atomic E-state index is -0.0396. The van der Waals surface area contributed by atoms with Gasteiger partial charge in [-0.05, 0) is 25.0 Å². The highest BCUT2D eigenvalue weighted by Gasteiger charge is 2.08. The van der Waals surface area contributed by atoms with E-state index in [9.17, 15) is 9.90 Å². The lowest BCUT2D eigenvalue weighted by Gasteiger charge is -2.04. The van der Waals surface area contributed by atoms with Gasteiger partial charge in [0, 0.05) is 18.6 Å². The van der Waals surface area contributed by atoms with Gasteiger partial charge in [-0.2, -0.15) is 0 Å². The van der Waals surface area contributed by atoms with E-state index >= 15 is 0 Å². The number of hydrogen-bond acceptors (Lipinski definition) is 3. The molecule has 1 aromatic heterocycles. The summed E-state index contributed by atoms with van der Waals surface area (Å²) in [6, 6.07) is 4.59. The Morgan fingerprint density at radius 2 is 2.06 bits per heavy atom. The molecule has 1 heterocycles. The SMILES string of the molecule is CCCc1cc(=O)c2c(C)cc(O)cc2o1. The number of hydrogen-bond donors (Lipinski definition) is 1. The predicted octanol–water partition coefficient (Wildman–Crippen LogP) is 2.76. The zero-order valence-corrected chi connectivity index (χ0v) is 9.41. The van der Waals surface area contributed by atoms with Gasteiger partial charge in [0.1, 0.15) is 17.1 Å². The van der Waals surface area contributed by atoms with E-state index in [1.165, 1.54) is 12.1 Å². The smallest absolute Gasteiger partial charge is 0.193 e. The molecule has 0 bridgehead atoms. The van der Waals surface area contributed by atoms with Crippen molar-refractivity contribution in [3.8, 4) is 5.75 Å². The molecule has 3 heteroatoms. The molecule has 0 aliphatic carbocycles. The quantitative estimate of drug-likeness (QED) is 0.843. The molecule has 0 atom stereocenters. The van der Waals surface area contributed by atoms with Crippen LogP contribution in [-0.2, 0) is 6.42 Å². The summed E-state index contributed by atoms with van der Waals surface area (Å²) >= 11 is 0. The van der Waals surface area contributed by atoms with Crippen molar-refractivity contribution in [3.05, 3.63) is 39.7 Å². The molecular formula is C13H14O3. The Hall–Kier alpha value is -1.77. The second-order valence-corrected chi connectivity index (χ2v) is 3.96. The summed E-state index contributed by atoms with van der Waals surface area (Å²) in [5.41, 5.74) is 1.17. The fraction of sp³-hybridized carbons (Fsp3) is 0.308. The summed E-state index contributed by atoms with van der Waals surface area (Å²) in [7, 11) is 0. The van der Waals surface area contributed by atoms with Crippen molar-refractivity contribution in [2.75, 3.05) is 0 Å². The largest absolute Gasteiger partial charge is 0.508 e. The van der Waals surface area contributed by atoms with E-state index in [-0.39, 0.29) is 11.2 Å². The van der Waals surface area contributed by atoms with Gasteiger partial charge in [-0.15, -0.1) is 0 Å². The molecule has 0 aliphatic rings. The maximum absolute atomic E-state index is 11.9. The predicted molar refractivity (Wildman–Crippen MR) is 62.9 cm³/mol. The van der Waals surface area contributed by atoms with E-state index in [0.717, 1.165) is 18.4 Å². The average Bonchev–Trinajstić information content (AvgIpc) is 2.15. The number of fused-ring (bicyclic) bond motifs is 1. The second kappa shape index (κ2) is 4.00. The molecule has 0 spiro atoms. The van der Waals surface area contributed by atoms with Gasteiger partial charge in [-0.25, -0.2) is 0 Å². The molecule has 2 rings (SSSR count). The van der Waals surface area contributed by atoms with Gasteiger partial charge in [0.15, 0.2) is 5.43 Å². The van der Waals surface area contributed by atoms with Crippen molar-refractivity contribution < 1.29 is 9.52 Å². The molecule has 0 saturated heterocycles. The number of rotatable bonds is 2. The van der Waals surface area contributed by atoms with E-state index in [4.69, 9.17) is 4.42 Å². The van der Waals surface area contributed by atoms with Crippen molar-refractivity contribution in [1.29, 1.82) is 0 Å². The fourth-order valence-corrected chi connectivity index (χ4v) is 1.89. The van der Waals surface area contributed by atoms with Gasteiger partial charge in [0.25, 0.3) is 0 Å².